The van der Waals surface area contributed by atoms with Crippen LogP contribution in [0.1, 0.15) is 86.6 Å². The third-order valence-corrected chi connectivity index (χ3v) is 7.90. The number of hydrogen-bond donors (Lipinski definition) is 0. The van der Waals surface area contributed by atoms with Crippen LogP contribution in [0.4, 0.5) is 0 Å². The first-order chi connectivity index (χ1) is 16.1. The molecule has 1 nitrogen and oxygen atoms in total. The molecule has 176 valence electrons. The molecule has 0 spiro atoms. The van der Waals surface area contributed by atoms with Gasteiger partial charge in [0.15, 0.2) is 0 Å². The molecule has 0 unspecified atom stereocenters. The summed E-state index contributed by atoms with van der Waals surface area (Å²) in [6, 6.07) is 16.0. The third-order valence-electron chi connectivity index (χ3n) is 7.90. The second-order valence-corrected chi connectivity index (χ2v) is 10.5. The first-order valence-corrected chi connectivity index (χ1v) is 13.3. The smallest absolute Gasteiger partial charge is 0.0233 e. The predicted molar refractivity (Wildman–Crippen MR) is 144 cm³/mol. The molecule has 1 aliphatic heterocycles. The average Bonchev–Trinajstić information content (AvgIpc) is 3.14. The highest BCUT2D eigenvalue weighted by Crippen LogP contribution is 2.42. The Labute approximate surface area is 202 Å². The maximum absolute atomic E-state index is 4.48. The minimum atomic E-state index is 0.826. The van der Waals surface area contributed by atoms with Crippen molar-refractivity contribution in [2.45, 2.75) is 85.1 Å². The molecule has 0 saturated carbocycles. The first-order valence-electron chi connectivity index (χ1n) is 13.3. The molecule has 1 saturated heterocycles. The molecule has 2 aromatic carbocycles. The Morgan fingerprint density at radius 3 is 2.52 bits per heavy atom. The van der Waals surface area contributed by atoms with Crippen molar-refractivity contribution in [2.24, 2.45) is 5.92 Å². The number of piperidine rings is 1. The highest BCUT2D eigenvalue weighted by molar-refractivity contribution is 5.78. The number of hydrogen-bond acceptors (Lipinski definition) is 1. The molecule has 0 aromatic heterocycles. The number of fused-ring (bicyclic) bond motifs is 1. The van der Waals surface area contributed by atoms with Crippen LogP contribution in [0.25, 0.3) is 5.57 Å². The maximum Gasteiger partial charge on any atom is 0.0233 e. The molecule has 0 N–H and O–H groups in total. The summed E-state index contributed by atoms with van der Waals surface area (Å²) < 4.78 is 0. The van der Waals surface area contributed by atoms with Gasteiger partial charge in [-0.1, -0.05) is 80.5 Å². The minimum absolute atomic E-state index is 0.826. The van der Waals surface area contributed by atoms with Crippen LogP contribution in [0.5, 0.6) is 0 Å². The number of allylic oxidation sites excluding steroid dienone is 3. The van der Waals surface area contributed by atoms with E-state index in [1.165, 1.54) is 80.3 Å². The third kappa shape index (κ3) is 6.07. The summed E-state index contributed by atoms with van der Waals surface area (Å²) in [5.41, 5.74) is 12.3. The molecule has 0 bridgehead atoms. The van der Waals surface area contributed by atoms with E-state index in [0.717, 1.165) is 25.3 Å². The van der Waals surface area contributed by atoms with Gasteiger partial charge in [-0.25, -0.2) is 0 Å². The molecule has 0 amide bonds. The molecule has 33 heavy (non-hydrogen) atoms. The molecule has 1 heterocycles. The zero-order valence-electron chi connectivity index (χ0n) is 21.3. The van der Waals surface area contributed by atoms with Crippen LogP contribution < -0.4 is 0 Å². The predicted octanol–water partition coefficient (Wildman–Crippen LogP) is 8.31. The number of unbranched alkanes of at least 4 members (excludes halogenated alkanes) is 1. The van der Waals surface area contributed by atoms with E-state index in [0.29, 0.717) is 0 Å². The molecule has 1 heteroatoms. The number of aryl methyl sites for hydroxylation is 2. The SMILES string of the molecule is C=C(CCCC)CC1=C(CC2CCN(Cc3ccccc3)CC2)Cc2cc(CC)c(C)cc21. The van der Waals surface area contributed by atoms with Gasteiger partial charge in [-0.15, -0.1) is 0 Å². The van der Waals surface area contributed by atoms with Crippen LogP contribution in [0.3, 0.4) is 0 Å². The van der Waals surface area contributed by atoms with Crippen molar-refractivity contribution in [1.29, 1.82) is 0 Å². The Morgan fingerprint density at radius 1 is 1.06 bits per heavy atom. The van der Waals surface area contributed by atoms with E-state index in [1.54, 1.807) is 22.3 Å². The van der Waals surface area contributed by atoms with Gasteiger partial charge in [0, 0.05) is 6.54 Å². The summed E-state index contributed by atoms with van der Waals surface area (Å²) in [6.07, 6.45) is 11.0. The second-order valence-electron chi connectivity index (χ2n) is 10.5. The number of rotatable bonds is 10. The van der Waals surface area contributed by atoms with Gasteiger partial charge in [-0.3, -0.25) is 4.90 Å². The van der Waals surface area contributed by atoms with Crippen LogP contribution in [0.15, 0.2) is 60.2 Å². The summed E-state index contributed by atoms with van der Waals surface area (Å²) in [6.45, 7) is 14.9. The van der Waals surface area contributed by atoms with Crippen molar-refractivity contribution < 1.29 is 0 Å². The van der Waals surface area contributed by atoms with E-state index < -0.39 is 0 Å². The van der Waals surface area contributed by atoms with Crippen molar-refractivity contribution in [1.82, 2.24) is 4.90 Å². The van der Waals surface area contributed by atoms with Gasteiger partial charge in [0.2, 0.25) is 0 Å². The molecule has 2 aliphatic rings. The summed E-state index contributed by atoms with van der Waals surface area (Å²) in [4.78, 5) is 2.65. The second kappa shape index (κ2) is 11.3. The largest absolute Gasteiger partial charge is 0.299 e. The normalized spacial score (nSPS) is 16.9. The summed E-state index contributed by atoms with van der Waals surface area (Å²) >= 11 is 0. The Hall–Kier alpha value is -2.12. The van der Waals surface area contributed by atoms with Crippen molar-refractivity contribution in [2.75, 3.05) is 13.1 Å². The van der Waals surface area contributed by atoms with E-state index in [2.05, 4.69) is 74.7 Å². The van der Waals surface area contributed by atoms with Crippen LogP contribution in [0.2, 0.25) is 0 Å². The van der Waals surface area contributed by atoms with Crippen LogP contribution >= 0.6 is 0 Å². The number of benzene rings is 2. The van der Waals surface area contributed by atoms with Crippen molar-refractivity contribution in [3.8, 4) is 0 Å². The van der Waals surface area contributed by atoms with E-state index in [1.807, 2.05) is 0 Å². The van der Waals surface area contributed by atoms with Gasteiger partial charge in [-0.2, -0.15) is 0 Å². The lowest BCUT2D eigenvalue weighted by Gasteiger charge is -2.32. The number of nitrogens with zero attached hydrogens (tertiary/aromatic N) is 1. The van der Waals surface area contributed by atoms with E-state index >= 15 is 0 Å². The summed E-state index contributed by atoms with van der Waals surface area (Å²) in [5.74, 6) is 0.826. The van der Waals surface area contributed by atoms with E-state index in [-0.39, 0.29) is 0 Å². The first kappa shape index (κ1) is 24.0. The minimum Gasteiger partial charge on any atom is -0.299 e. The molecule has 1 fully saturated rings. The monoisotopic (exact) mass is 441 g/mol. The highest BCUT2D eigenvalue weighted by Gasteiger charge is 2.27. The van der Waals surface area contributed by atoms with Crippen LogP contribution in [-0.4, -0.2) is 18.0 Å². The van der Waals surface area contributed by atoms with Crippen LogP contribution in [-0.2, 0) is 19.4 Å². The lowest BCUT2D eigenvalue weighted by Crippen LogP contribution is -2.33. The molecule has 4 rings (SSSR count). The van der Waals surface area contributed by atoms with Crippen molar-refractivity contribution in [3.05, 3.63) is 88.0 Å². The lowest BCUT2D eigenvalue weighted by molar-refractivity contribution is 0.177. The topological polar surface area (TPSA) is 3.24 Å². The number of likely N-dealkylation sites (tertiary alicyclic amines) is 1. The van der Waals surface area contributed by atoms with E-state index in [9.17, 15) is 0 Å². The molecular formula is C32H43N. The zero-order chi connectivity index (χ0) is 23.2. The zero-order valence-corrected chi connectivity index (χ0v) is 21.3. The summed E-state index contributed by atoms with van der Waals surface area (Å²) in [7, 11) is 0. The molecule has 2 aromatic rings. The van der Waals surface area contributed by atoms with Crippen LogP contribution in [0, 0.1) is 12.8 Å². The fourth-order valence-corrected chi connectivity index (χ4v) is 5.86. The molecule has 0 radical (unpaired) electrons. The van der Waals surface area contributed by atoms with Gasteiger partial charge in [-0.05, 0) is 111 Å². The van der Waals surface area contributed by atoms with Gasteiger partial charge in [0.1, 0.15) is 0 Å². The molecule has 0 atom stereocenters. The molecular weight excluding hydrogens is 398 g/mol. The average molecular weight is 442 g/mol. The Balaban J connectivity index is 1.45. The Kier molecular flexibility index (Phi) is 8.25. The highest BCUT2D eigenvalue weighted by atomic mass is 15.1. The Morgan fingerprint density at radius 2 is 1.82 bits per heavy atom. The van der Waals surface area contributed by atoms with E-state index in [4.69, 9.17) is 0 Å². The van der Waals surface area contributed by atoms with Crippen molar-refractivity contribution in [3.63, 3.8) is 0 Å². The fraction of sp³-hybridized carbons (Fsp3) is 0.500. The van der Waals surface area contributed by atoms with Gasteiger partial charge < -0.3 is 0 Å². The summed E-state index contributed by atoms with van der Waals surface area (Å²) in [5, 5.41) is 0. The lowest BCUT2D eigenvalue weighted by atomic mass is 9.86. The van der Waals surface area contributed by atoms with Gasteiger partial charge >= 0.3 is 0 Å². The molecule has 1 aliphatic carbocycles. The van der Waals surface area contributed by atoms with Gasteiger partial charge in [0.05, 0.1) is 0 Å². The fourth-order valence-electron chi connectivity index (χ4n) is 5.86. The quantitative estimate of drug-likeness (QED) is 0.335. The Bertz CT molecular complexity index is 973. The maximum atomic E-state index is 4.48. The standard InChI is InChI=1S/C32H43N/c1-5-7-11-24(3)18-31-29(22-30-21-28(6-2)25(4)19-32(30)31)20-26-14-16-33(17-15-26)23-27-12-9-8-10-13-27/h8-10,12-13,19,21,26H,3,5-7,11,14-18,20,22-23H2,1-2,4H3. The van der Waals surface area contributed by atoms with Crippen molar-refractivity contribution >= 4 is 5.57 Å². The van der Waals surface area contributed by atoms with Gasteiger partial charge in [0.25, 0.3) is 0 Å².